The number of nitrogens with zero attached hydrogens (tertiary/aromatic N) is 2. The number of hydrogen-bond donors (Lipinski definition) is 1. The smallest absolute Gasteiger partial charge is 0.335 e. The molecule has 5 heteroatoms. The summed E-state index contributed by atoms with van der Waals surface area (Å²) in [5.41, 5.74) is 1.36. The molecular weight excluding hydrogens is 248 g/mol. The highest BCUT2D eigenvalue weighted by Gasteiger charge is 2.04. The van der Waals surface area contributed by atoms with E-state index in [4.69, 9.17) is 5.11 Å². The van der Waals surface area contributed by atoms with Crippen molar-refractivity contribution in [2.75, 3.05) is 6.26 Å². The van der Waals surface area contributed by atoms with Gasteiger partial charge in [-0.25, -0.2) is 9.78 Å². The van der Waals surface area contributed by atoms with Crippen LogP contribution in [0.1, 0.15) is 15.9 Å². The molecule has 0 unspecified atom stereocenters. The molecule has 1 aromatic heterocycles. The topological polar surface area (TPSA) is 55.1 Å². The fraction of sp³-hybridized carbons (Fsp3) is 0.231. The molecule has 0 saturated carbocycles. The fourth-order valence-electron chi connectivity index (χ4n) is 1.77. The van der Waals surface area contributed by atoms with Crippen LogP contribution in [-0.2, 0) is 13.0 Å². The molecule has 1 aromatic carbocycles. The third-order valence-electron chi connectivity index (χ3n) is 2.68. The lowest BCUT2D eigenvalue weighted by atomic mass is 10.1. The zero-order chi connectivity index (χ0) is 13.0. The van der Waals surface area contributed by atoms with Crippen molar-refractivity contribution >= 4 is 17.7 Å². The van der Waals surface area contributed by atoms with Gasteiger partial charge in [-0.2, -0.15) is 0 Å². The van der Waals surface area contributed by atoms with Crippen molar-refractivity contribution in [2.24, 2.45) is 0 Å². The average molecular weight is 262 g/mol. The normalized spacial score (nSPS) is 10.5. The molecule has 0 aliphatic rings. The van der Waals surface area contributed by atoms with Gasteiger partial charge in [0, 0.05) is 18.9 Å². The number of benzene rings is 1. The SMILES string of the molecule is CSc1nccn1CCc1cccc(C(=O)O)c1. The number of rotatable bonds is 5. The number of carboxylic acid groups (broad SMARTS) is 1. The van der Waals surface area contributed by atoms with Gasteiger partial charge in [0.1, 0.15) is 0 Å². The van der Waals surface area contributed by atoms with Crippen LogP contribution in [-0.4, -0.2) is 26.9 Å². The Bertz CT molecular complexity index is 551. The van der Waals surface area contributed by atoms with Crippen molar-refractivity contribution in [3.05, 3.63) is 47.8 Å². The maximum Gasteiger partial charge on any atom is 0.335 e. The zero-order valence-electron chi connectivity index (χ0n) is 10.0. The van der Waals surface area contributed by atoms with E-state index in [1.807, 2.05) is 18.5 Å². The molecule has 0 amide bonds. The quantitative estimate of drug-likeness (QED) is 0.841. The summed E-state index contributed by atoms with van der Waals surface area (Å²) in [6.07, 6.45) is 6.50. The number of thioether (sulfide) groups is 1. The summed E-state index contributed by atoms with van der Waals surface area (Å²) < 4.78 is 2.07. The summed E-state index contributed by atoms with van der Waals surface area (Å²) >= 11 is 1.60. The molecule has 0 bridgehead atoms. The molecule has 4 nitrogen and oxygen atoms in total. The molecule has 1 heterocycles. The molecule has 0 radical (unpaired) electrons. The summed E-state index contributed by atoms with van der Waals surface area (Å²) in [4.78, 5) is 15.1. The van der Waals surface area contributed by atoms with E-state index in [1.54, 1.807) is 36.2 Å². The van der Waals surface area contributed by atoms with Crippen molar-refractivity contribution in [3.8, 4) is 0 Å². The van der Waals surface area contributed by atoms with Crippen molar-refractivity contribution in [2.45, 2.75) is 18.1 Å². The number of aromatic nitrogens is 2. The first-order valence-electron chi connectivity index (χ1n) is 5.58. The monoisotopic (exact) mass is 262 g/mol. The van der Waals surface area contributed by atoms with E-state index in [0.717, 1.165) is 23.7 Å². The van der Waals surface area contributed by atoms with Gasteiger partial charge in [-0.15, -0.1) is 0 Å². The highest BCUT2D eigenvalue weighted by Crippen LogP contribution is 2.13. The lowest BCUT2D eigenvalue weighted by Crippen LogP contribution is -2.03. The number of carbonyl (C=O) groups is 1. The van der Waals surface area contributed by atoms with E-state index >= 15 is 0 Å². The third kappa shape index (κ3) is 2.92. The van der Waals surface area contributed by atoms with E-state index in [2.05, 4.69) is 9.55 Å². The summed E-state index contributed by atoms with van der Waals surface area (Å²) in [7, 11) is 0. The van der Waals surface area contributed by atoms with Crippen LogP contribution in [0.3, 0.4) is 0 Å². The molecule has 0 saturated heterocycles. The molecule has 94 valence electrons. The summed E-state index contributed by atoms with van der Waals surface area (Å²) in [5, 5.41) is 9.90. The lowest BCUT2D eigenvalue weighted by molar-refractivity contribution is 0.0697. The molecule has 0 fully saturated rings. The maximum absolute atomic E-state index is 10.9. The predicted octanol–water partition coefficient (Wildman–Crippen LogP) is 2.55. The lowest BCUT2D eigenvalue weighted by Gasteiger charge is -2.06. The number of aryl methyl sites for hydroxylation is 2. The molecule has 0 aliphatic carbocycles. The number of hydrogen-bond acceptors (Lipinski definition) is 3. The summed E-state index contributed by atoms with van der Waals surface area (Å²) in [5.74, 6) is -0.885. The fourth-order valence-corrected chi connectivity index (χ4v) is 2.32. The molecule has 18 heavy (non-hydrogen) atoms. The van der Waals surface area contributed by atoms with Crippen molar-refractivity contribution in [1.82, 2.24) is 9.55 Å². The van der Waals surface area contributed by atoms with Gasteiger partial charge in [-0.05, 0) is 30.4 Å². The largest absolute Gasteiger partial charge is 0.478 e. The molecule has 0 atom stereocenters. The van der Waals surface area contributed by atoms with E-state index < -0.39 is 5.97 Å². The Kier molecular flexibility index (Phi) is 4.04. The van der Waals surface area contributed by atoms with Gasteiger partial charge >= 0.3 is 5.97 Å². The van der Waals surface area contributed by atoms with E-state index in [0.29, 0.717) is 5.56 Å². The second kappa shape index (κ2) is 5.73. The molecule has 2 aromatic rings. The van der Waals surface area contributed by atoms with Crippen LogP contribution in [0.15, 0.2) is 41.8 Å². The van der Waals surface area contributed by atoms with Crippen LogP contribution in [0.2, 0.25) is 0 Å². The standard InChI is InChI=1S/C13H14N2O2S/c1-18-13-14-6-8-15(13)7-5-10-3-2-4-11(9-10)12(16)17/h2-4,6,8-9H,5,7H2,1H3,(H,16,17). The summed E-state index contributed by atoms with van der Waals surface area (Å²) in [6, 6.07) is 7.05. The van der Waals surface area contributed by atoms with Gasteiger partial charge in [-0.1, -0.05) is 23.9 Å². The minimum Gasteiger partial charge on any atom is -0.478 e. The van der Waals surface area contributed by atoms with Crippen LogP contribution in [0.4, 0.5) is 0 Å². The molecule has 2 rings (SSSR count). The maximum atomic E-state index is 10.9. The number of imidazole rings is 1. The molecule has 0 spiro atoms. The Morgan fingerprint density at radius 3 is 3.06 bits per heavy atom. The third-order valence-corrected chi connectivity index (χ3v) is 3.38. The highest BCUT2D eigenvalue weighted by atomic mass is 32.2. The van der Waals surface area contributed by atoms with E-state index in [9.17, 15) is 4.79 Å². The highest BCUT2D eigenvalue weighted by molar-refractivity contribution is 7.98. The van der Waals surface area contributed by atoms with Crippen LogP contribution >= 0.6 is 11.8 Å². The van der Waals surface area contributed by atoms with Crippen LogP contribution in [0, 0.1) is 0 Å². The summed E-state index contributed by atoms with van der Waals surface area (Å²) in [6.45, 7) is 0.805. The second-order valence-electron chi connectivity index (χ2n) is 3.86. The average Bonchev–Trinajstić information content (AvgIpc) is 2.84. The van der Waals surface area contributed by atoms with E-state index in [1.165, 1.54) is 0 Å². The molecule has 0 aliphatic heterocycles. The zero-order valence-corrected chi connectivity index (χ0v) is 10.9. The second-order valence-corrected chi connectivity index (χ2v) is 4.64. The van der Waals surface area contributed by atoms with Crippen molar-refractivity contribution in [3.63, 3.8) is 0 Å². The van der Waals surface area contributed by atoms with Crippen LogP contribution in [0.25, 0.3) is 0 Å². The van der Waals surface area contributed by atoms with Gasteiger partial charge in [0.05, 0.1) is 5.56 Å². The molecule has 1 N–H and O–H groups in total. The number of carboxylic acids is 1. The Morgan fingerprint density at radius 2 is 2.33 bits per heavy atom. The van der Waals surface area contributed by atoms with Gasteiger partial charge in [0.15, 0.2) is 5.16 Å². The van der Waals surface area contributed by atoms with Gasteiger partial charge in [0.2, 0.25) is 0 Å². The minimum atomic E-state index is -0.885. The first-order valence-corrected chi connectivity index (χ1v) is 6.80. The minimum absolute atomic E-state index is 0.336. The number of aromatic carboxylic acids is 1. The molecular formula is C13H14N2O2S. The van der Waals surface area contributed by atoms with Gasteiger partial charge in [0.25, 0.3) is 0 Å². The first-order chi connectivity index (χ1) is 8.70. The Labute approximate surface area is 110 Å². The first kappa shape index (κ1) is 12.7. The van der Waals surface area contributed by atoms with Crippen LogP contribution < -0.4 is 0 Å². The van der Waals surface area contributed by atoms with Gasteiger partial charge in [-0.3, -0.25) is 0 Å². The van der Waals surface area contributed by atoms with Crippen molar-refractivity contribution in [1.29, 1.82) is 0 Å². The van der Waals surface area contributed by atoms with Crippen molar-refractivity contribution < 1.29 is 9.90 Å². The Morgan fingerprint density at radius 1 is 1.50 bits per heavy atom. The van der Waals surface area contributed by atoms with Crippen LogP contribution in [0.5, 0.6) is 0 Å². The predicted molar refractivity (Wildman–Crippen MR) is 71.1 cm³/mol. The Hall–Kier alpha value is -1.75. The van der Waals surface area contributed by atoms with Gasteiger partial charge < -0.3 is 9.67 Å². The Balaban J connectivity index is 2.06. The van der Waals surface area contributed by atoms with E-state index in [-0.39, 0.29) is 0 Å².